The molecule has 0 aliphatic rings. The van der Waals surface area contributed by atoms with Crippen LogP contribution in [0.4, 0.5) is 5.69 Å². The molecule has 0 saturated heterocycles. The van der Waals surface area contributed by atoms with Crippen LogP contribution in [-0.2, 0) is 6.61 Å². The summed E-state index contributed by atoms with van der Waals surface area (Å²) in [5.74, 6) is 0.717. The van der Waals surface area contributed by atoms with Gasteiger partial charge in [0, 0.05) is 18.2 Å². The lowest BCUT2D eigenvalue weighted by Crippen LogP contribution is -1.96. The zero-order chi connectivity index (χ0) is 13.8. The number of aryl methyl sites for hydroxylation is 1. The summed E-state index contributed by atoms with van der Waals surface area (Å²) in [6.45, 7) is 2.15. The fourth-order valence-corrected chi connectivity index (χ4v) is 1.69. The molecule has 0 fully saturated rings. The van der Waals surface area contributed by atoms with Crippen LogP contribution in [0.15, 0.2) is 42.5 Å². The monoisotopic (exact) mass is 259 g/mol. The Morgan fingerprint density at radius 1 is 1.21 bits per heavy atom. The molecule has 0 radical (unpaired) electrons. The summed E-state index contributed by atoms with van der Waals surface area (Å²) in [4.78, 5) is 10.1. The summed E-state index contributed by atoms with van der Waals surface area (Å²) in [7, 11) is 0. The Balaban J connectivity index is 2.03. The van der Waals surface area contributed by atoms with E-state index in [-0.39, 0.29) is 11.4 Å². The van der Waals surface area contributed by atoms with Crippen molar-refractivity contribution in [3.8, 4) is 11.5 Å². The first kappa shape index (κ1) is 12.9. The molecule has 2 rings (SSSR count). The van der Waals surface area contributed by atoms with Crippen molar-refractivity contribution in [2.45, 2.75) is 13.5 Å². The van der Waals surface area contributed by atoms with Gasteiger partial charge in [0.25, 0.3) is 5.69 Å². The highest BCUT2D eigenvalue weighted by atomic mass is 16.6. The van der Waals surface area contributed by atoms with Crippen molar-refractivity contribution in [1.29, 1.82) is 0 Å². The molecular formula is C14H13NO4. The van der Waals surface area contributed by atoms with Crippen LogP contribution in [0.5, 0.6) is 11.5 Å². The molecule has 0 amide bonds. The first-order chi connectivity index (χ1) is 9.04. The van der Waals surface area contributed by atoms with Gasteiger partial charge in [0.15, 0.2) is 0 Å². The number of benzene rings is 2. The average Bonchev–Trinajstić information content (AvgIpc) is 2.36. The molecule has 5 nitrogen and oxygen atoms in total. The van der Waals surface area contributed by atoms with E-state index in [4.69, 9.17) is 4.74 Å². The van der Waals surface area contributed by atoms with Gasteiger partial charge in [-0.1, -0.05) is 0 Å². The number of aromatic hydroxyl groups is 1. The Bertz CT molecular complexity index is 573. The van der Waals surface area contributed by atoms with Crippen molar-refractivity contribution in [3.63, 3.8) is 0 Å². The maximum absolute atomic E-state index is 10.5. The maximum Gasteiger partial charge on any atom is 0.269 e. The lowest BCUT2D eigenvalue weighted by molar-refractivity contribution is -0.384. The van der Waals surface area contributed by atoms with Crippen LogP contribution < -0.4 is 4.74 Å². The minimum Gasteiger partial charge on any atom is -0.508 e. The van der Waals surface area contributed by atoms with Gasteiger partial charge in [-0.05, 0) is 42.3 Å². The second kappa shape index (κ2) is 5.39. The van der Waals surface area contributed by atoms with E-state index < -0.39 is 4.92 Å². The fourth-order valence-electron chi connectivity index (χ4n) is 1.69. The zero-order valence-corrected chi connectivity index (χ0v) is 10.4. The third-order valence-corrected chi connectivity index (χ3v) is 2.59. The molecule has 19 heavy (non-hydrogen) atoms. The molecule has 0 unspecified atom stereocenters. The van der Waals surface area contributed by atoms with Gasteiger partial charge < -0.3 is 9.84 Å². The lowest BCUT2D eigenvalue weighted by atomic mass is 10.2. The van der Waals surface area contributed by atoms with Crippen molar-refractivity contribution in [2.24, 2.45) is 0 Å². The predicted molar refractivity (Wildman–Crippen MR) is 70.3 cm³/mol. The third-order valence-electron chi connectivity index (χ3n) is 2.59. The van der Waals surface area contributed by atoms with E-state index in [9.17, 15) is 15.2 Å². The Kier molecular flexibility index (Phi) is 3.66. The maximum atomic E-state index is 10.5. The number of nitro benzene ring substituents is 1. The Morgan fingerprint density at radius 3 is 2.47 bits per heavy atom. The predicted octanol–water partition coefficient (Wildman–Crippen LogP) is 3.19. The van der Waals surface area contributed by atoms with E-state index >= 15 is 0 Å². The van der Waals surface area contributed by atoms with Gasteiger partial charge in [0.05, 0.1) is 4.92 Å². The molecule has 1 N–H and O–H groups in total. The molecular weight excluding hydrogens is 246 g/mol. The number of non-ortho nitro benzene ring substituents is 1. The number of hydrogen-bond donors (Lipinski definition) is 1. The van der Waals surface area contributed by atoms with Crippen molar-refractivity contribution in [1.82, 2.24) is 0 Å². The van der Waals surface area contributed by atoms with E-state index in [0.717, 1.165) is 11.1 Å². The molecule has 0 bridgehead atoms. The summed E-state index contributed by atoms with van der Waals surface area (Å²) >= 11 is 0. The van der Waals surface area contributed by atoms with Gasteiger partial charge in [0.1, 0.15) is 18.1 Å². The molecule has 5 heteroatoms. The van der Waals surface area contributed by atoms with Crippen LogP contribution in [0.25, 0.3) is 0 Å². The molecule has 0 saturated carbocycles. The van der Waals surface area contributed by atoms with Crippen molar-refractivity contribution < 1.29 is 14.8 Å². The third kappa shape index (κ3) is 3.45. The summed E-state index contributed by atoms with van der Waals surface area (Å²) in [6, 6.07) is 11.1. The molecule has 0 heterocycles. The quantitative estimate of drug-likeness (QED) is 0.676. The van der Waals surface area contributed by atoms with E-state index in [1.807, 2.05) is 13.0 Å². The van der Waals surface area contributed by atoms with Crippen molar-refractivity contribution in [2.75, 3.05) is 0 Å². The van der Waals surface area contributed by atoms with E-state index in [0.29, 0.717) is 12.4 Å². The van der Waals surface area contributed by atoms with Gasteiger partial charge in [-0.2, -0.15) is 0 Å². The minimum atomic E-state index is -0.441. The second-order valence-electron chi connectivity index (χ2n) is 4.22. The number of phenolic OH excluding ortho intramolecular Hbond substituents is 1. The van der Waals surface area contributed by atoms with Crippen LogP contribution in [0.2, 0.25) is 0 Å². The van der Waals surface area contributed by atoms with Crippen molar-refractivity contribution >= 4 is 5.69 Å². The summed E-state index contributed by atoms with van der Waals surface area (Å²) in [6.07, 6.45) is 0. The normalized spacial score (nSPS) is 10.2. The topological polar surface area (TPSA) is 72.6 Å². The molecule has 0 aromatic heterocycles. The number of rotatable bonds is 4. The van der Waals surface area contributed by atoms with Crippen LogP contribution in [0.3, 0.4) is 0 Å². The van der Waals surface area contributed by atoms with Crippen LogP contribution >= 0.6 is 0 Å². The number of nitrogens with zero attached hydrogens (tertiary/aromatic N) is 1. The van der Waals surface area contributed by atoms with E-state index in [2.05, 4.69) is 0 Å². The SMILES string of the molecule is Cc1cc(O)cc(OCc2ccc([N+](=O)[O-])cc2)c1. The highest BCUT2D eigenvalue weighted by Gasteiger charge is 2.04. The first-order valence-corrected chi connectivity index (χ1v) is 5.71. The zero-order valence-electron chi connectivity index (χ0n) is 10.4. The minimum absolute atomic E-state index is 0.0527. The lowest BCUT2D eigenvalue weighted by Gasteiger charge is -2.07. The van der Waals surface area contributed by atoms with Gasteiger partial charge in [0.2, 0.25) is 0 Å². The Morgan fingerprint density at radius 2 is 1.89 bits per heavy atom. The standard InChI is InChI=1S/C14H13NO4/c1-10-6-13(16)8-14(7-10)19-9-11-2-4-12(5-3-11)15(17)18/h2-8,16H,9H2,1H3. The highest BCUT2D eigenvalue weighted by Crippen LogP contribution is 2.22. The number of ether oxygens (including phenoxy) is 1. The molecule has 0 spiro atoms. The summed E-state index contributed by atoms with van der Waals surface area (Å²) in [5.41, 5.74) is 1.78. The molecule has 0 atom stereocenters. The smallest absolute Gasteiger partial charge is 0.269 e. The second-order valence-corrected chi connectivity index (χ2v) is 4.22. The fraction of sp³-hybridized carbons (Fsp3) is 0.143. The van der Waals surface area contributed by atoms with Crippen molar-refractivity contribution in [3.05, 3.63) is 63.7 Å². The average molecular weight is 259 g/mol. The molecule has 2 aromatic rings. The largest absolute Gasteiger partial charge is 0.508 e. The summed E-state index contributed by atoms with van der Waals surface area (Å²) < 4.78 is 5.52. The van der Waals surface area contributed by atoms with Crippen LogP contribution in [-0.4, -0.2) is 10.0 Å². The number of nitro groups is 1. The van der Waals surface area contributed by atoms with Gasteiger partial charge in [-0.15, -0.1) is 0 Å². The molecule has 0 aliphatic carbocycles. The molecule has 98 valence electrons. The molecule has 2 aromatic carbocycles. The van der Waals surface area contributed by atoms with E-state index in [1.165, 1.54) is 18.2 Å². The Labute approximate surface area is 110 Å². The molecule has 0 aliphatic heterocycles. The Hall–Kier alpha value is -2.56. The van der Waals surface area contributed by atoms with E-state index in [1.54, 1.807) is 18.2 Å². The van der Waals surface area contributed by atoms with Crippen LogP contribution in [0, 0.1) is 17.0 Å². The van der Waals surface area contributed by atoms with Gasteiger partial charge in [-0.3, -0.25) is 10.1 Å². The number of hydrogen-bond acceptors (Lipinski definition) is 4. The first-order valence-electron chi connectivity index (χ1n) is 5.71. The summed E-state index contributed by atoms with van der Waals surface area (Å²) in [5, 5.41) is 19.9. The highest BCUT2D eigenvalue weighted by molar-refractivity contribution is 5.37. The number of phenols is 1. The van der Waals surface area contributed by atoms with Gasteiger partial charge >= 0.3 is 0 Å². The van der Waals surface area contributed by atoms with Gasteiger partial charge in [-0.25, -0.2) is 0 Å². The van der Waals surface area contributed by atoms with Crippen LogP contribution in [0.1, 0.15) is 11.1 Å².